The first-order chi connectivity index (χ1) is 5.14. The molecule has 2 heteroatoms. The highest BCUT2D eigenvalue weighted by Gasteiger charge is 2.25. The van der Waals surface area contributed by atoms with E-state index in [0.717, 1.165) is 19.5 Å². The lowest BCUT2D eigenvalue weighted by molar-refractivity contribution is 0.0185. The summed E-state index contributed by atoms with van der Waals surface area (Å²) in [6.07, 6.45) is 2.32. The Bertz CT molecular complexity index is 117. The predicted octanol–water partition coefficient (Wildman–Crippen LogP) is 1.37. The summed E-state index contributed by atoms with van der Waals surface area (Å²) in [5.41, 5.74) is 0.0291. The molecule has 1 N–H and O–H groups in total. The first-order valence-corrected chi connectivity index (χ1v) is 4.23. The summed E-state index contributed by atoms with van der Waals surface area (Å²) in [7, 11) is 1.78. The van der Waals surface area contributed by atoms with Gasteiger partial charge in [0.25, 0.3) is 0 Å². The highest BCUT2D eigenvalue weighted by molar-refractivity contribution is 5.01. The summed E-state index contributed by atoms with van der Waals surface area (Å²) in [6, 6.07) is 0. The van der Waals surface area contributed by atoms with Gasteiger partial charge in [-0.05, 0) is 39.2 Å². The zero-order chi connectivity index (χ0) is 8.32. The van der Waals surface area contributed by atoms with Crippen LogP contribution in [-0.2, 0) is 4.74 Å². The summed E-state index contributed by atoms with van der Waals surface area (Å²) < 4.78 is 5.35. The van der Waals surface area contributed by atoms with Crippen LogP contribution in [0.4, 0.5) is 0 Å². The van der Waals surface area contributed by atoms with Crippen molar-refractivity contribution < 1.29 is 4.74 Å². The maximum atomic E-state index is 5.35. The van der Waals surface area contributed by atoms with Gasteiger partial charge in [0.2, 0.25) is 0 Å². The molecule has 1 rings (SSSR count). The van der Waals surface area contributed by atoms with Crippen LogP contribution in [0, 0.1) is 5.92 Å². The van der Waals surface area contributed by atoms with Crippen LogP contribution in [0.25, 0.3) is 0 Å². The summed E-state index contributed by atoms with van der Waals surface area (Å²) >= 11 is 0. The molecule has 0 aromatic heterocycles. The second kappa shape index (κ2) is 3.55. The first kappa shape index (κ1) is 9.01. The third-order valence-electron chi connectivity index (χ3n) is 2.26. The van der Waals surface area contributed by atoms with E-state index in [0.29, 0.717) is 0 Å². The maximum absolute atomic E-state index is 5.35. The zero-order valence-corrected chi connectivity index (χ0v) is 7.74. The summed E-state index contributed by atoms with van der Waals surface area (Å²) in [4.78, 5) is 0. The molecular formula is C9H18NO. The van der Waals surface area contributed by atoms with Crippen LogP contribution in [0.15, 0.2) is 0 Å². The van der Waals surface area contributed by atoms with Crippen molar-refractivity contribution in [1.29, 1.82) is 0 Å². The Labute approximate surface area is 69.3 Å². The van der Waals surface area contributed by atoms with E-state index < -0.39 is 0 Å². The van der Waals surface area contributed by atoms with Gasteiger partial charge in [-0.25, -0.2) is 0 Å². The molecule has 1 saturated heterocycles. The van der Waals surface area contributed by atoms with E-state index in [9.17, 15) is 0 Å². The van der Waals surface area contributed by atoms with Gasteiger partial charge >= 0.3 is 0 Å². The van der Waals surface area contributed by atoms with E-state index in [2.05, 4.69) is 19.2 Å². The van der Waals surface area contributed by atoms with Crippen LogP contribution in [0.5, 0.6) is 0 Å². The first-order valence-electron chi connectivity index (χ1n) is 4.23. The van der Waals surface area contributed by atoms with Crippen LogP contribution < -0.4 is 5.32 Å². The predicted molar refractivity (Wildman–Crippen MR) is 46.4 cm³/mol. The van der Waals surface area contributed by atoms with Gasteiger partial charge in [-0.3, -0.25) is 0 Å². The minimum absolute atomic E-state index is 0.0291. The molecule has 1 aliphatic rings. The summed E-state index contributed by atoms with van der Waals surface area (Å²) in [5, 5.41) is 3.33. The quantitative estimate of drug-likeness (QED) is 0.666. The molecule has 0 unspecified atom stereocenters. The van der Waals surface area contributed by atoms with E-state index in [-0.39, 0.29) is 5.60 Å². The standard InChI is InChI=1S/C9H18NO/c1-9(2,11-3)6-8-4-5-10-7-8/h10H,4-7H2,1-3H3. The number of ether oxygens (including phenoxy) is 1. The van der Waals surface area contributed by atoms with Crippen LogP contribution in [0.2, 0.25) is 0 Å². The molecule has 0 aromatic carbocycles. The van der Waals surface area contributed by atoms with Crippen molar-refractivity contribution in [3.8, 4) is 0 Å². The Hall–Kier alpha value is -0.0800. The van der Waals surface area contributed by atoms with E-state index >= 15 is 0 Å². The van der Waals surface area contributed by atoms with Gasteiger partial charge in [0.05, 0.1) is 5.60 Å². The molecule has 0 bridgehead atoms. The fourth-order valence-corrected chi connectivity index (χ4v) is 1.44. The van der Waals surface area contributed by atoms with Crippen molar-refractivity contribution in [1.82, 2.24) is 5.32 Å². The van der Waals surface area contributed by atoms with E-state index in [1.807, 2.05) is 0 Å². The Kier molecular flexibility index (Phi) is 2.90. The van der Waals surface area contributed by atoms with Crippen LogP contribution in [0.3, 0.4) is 0 Å². The average molecular weight is 156 g/mol. The van der Waals surface area contributed by atoms with Crippen molar-refractivity contribution in [3.63, 3.8) is 0 Å². The fraction of sp³-hybridized carbons (Fsp3) is 0.889. The summed E-state index contributed by atoms with van der Waals surface area (Å²) in [6.45, 7) is 6.51. The molecule has 0 spiro atoms. The van der Waals surface area contributed by atoms with E-state index in [1.165, 1.54) is 6.42 Å². The van der Waals surface area contributed by atoms with Crippen molar-refractivity contribution in [3.05, 3.63) is 5.92 Å². The van der Waals surface area contributed by atoms with Gasteiger partial charge in [-0.1, -0.05) is 0 Å². The molecule has 0 saturated carbocycles. The molecular weight excluding hydrogens is 138 g/mol. The minimum Gasteiger partial charge on any atom is -0.379 e. The second-order valence-corrected chi connectivity index (χ2v) is 3.82. The Morgan fingerprint density at radius 3 is 2.73 bits per heavy atom. The number of nitrogens with one attached hydrogen (secondary N) is 1. The van der Waals surface area contributed by atoms with Crippen molar-refractivity contribution in [2.24, 2.45) is 0 Å². The third kappa shape index (κ3) is 2.80. The van der Waals surface area contributed by atoms with Crippen molar-refractivity contribution in [2.45, 2.75) is 32.3 Å². The number of rotatable bonds is 3. The summed E-state index contributed by atoms with van der Waals surface area (Å²) in [5.74, 6) is 1.59. The molecule has 65 valence electrons. The molecule has 11 heavy (non-hydrogen) atoms. The normalized spacial score (nSPS) is 21.0. The molecule has 1 aliphatic heterocycles. The maximum Gasteiger partial charge on any atom is 0.0628 e. The molecule has 0 atom stereocenters. The van der Waals surface area contributed by atoms with Gasteiger partial charge in [0.15, 0.2) is 0 Å². The van der Waals surface area contributed by atoms with Crippen LogP contribution >= 0.6 is 0 Å². The monoisotopic (exact) mass is 156 g/mol. The SMILES string of the molecule is COC(C)(C)C[C]1CCNC1. The lowest BCUT2D eigenvalue weighted by atomic mass is 9.93. The highest BCUT2D eigenvalue weighted by Crippen LogP contribution is 2.25. The zero-order valence-electron chi connectivity index (χ0n) is 7.74. The van der Waals surface area contributed by atoms with E-state index in [4.69, 9.17) is 4.74 Å². The molecule has 0 aliphatic carbocycles. The molecule has 0 aromatic rings. The smallest absolute Gasteiger partial charge is 0.0628 e. The van der Waals surface area contributed by atoms with Gasteiger partial charge in [-0.15, -0.1) is 0 Å². The van der Waals surface area contributed by atoms with Gasteiger partial charge in [0, 0.05) is 13.7 Å². The van der Waals surface area contributed by atoms with Crippen LogP contribution in [-0.4, -0.2) is 25.8 Å². The number of methoxy groups -OCH3 is 1. The fourth-order valence-electron chi connectivity index (χ4n) is 1.44. The molecule has 2 nitrogen and oxygen atoms in total. The topological polar surface area (TPSA) is 21.3 Å². The highest BCUT2D eigenvalue weighted by atomic mass is 16.5. The molecule has 0 amide bonds. The number of hydrogen-bond acceptors (Lipinski definition) is 2. The van der Waals surface area contributed by atoms with Crippen molar-refractivity contribution in [2.75, 3.05) is 20.2 Å². The van der Waals surface area contributed by atoms with E-state index in [1.54, 1.807) is 13.0 Å². The largest absolute Gasteiger partial charge is 0.379 e. The van der Waals surface area contributed by atoms with Gasteiger partial charge in [-0.2, -0.15) is 0 Å². The Morgan fingerprint density at radius 1 is 1.55 bits per heavy atom. The Morgan fingerprint density at radius 2 is 2.27 bits per heavy atom. The van der Waals surface area contributed by atoms with Crippen LogP contribution in [0.1, 0.15) is 26.7 Å². The lowest BCUT2D eigenvalue weighted by Crippen LogP contribution is -2.26. The Balaban J connectivity index is 2.28. The molecule has 1 fully saturated rings. The molecule has 1 radical (unpaired) electrons. The molecule has 1 heterocycles. The van der Waals surface area contributed by atoms with Crippen molar-refractivity contribution >= 4 is 0 Å². The average Bonchev–Trinajstić information content (AvgIpc) is 2.39. The second-order valence-electron chi connectivity index (χ2n) is 3.82. The lowest BCUT2D eigenvalue weighted by Gasteiger charge is -2.25. The third-order valence-corrected chi connectivity index (χ3v) is 2.26. The van der Waals surface area contributed by atoms with Gasteiger partial charge in [0.1, 0.15) is 0 Å². The minimum atomic E-state index is 0.0291. The van der Waals surface area contributed by atoms with Gasteiger partial charge < -0.3 is 10.1 Å². The number of hydrogen-bond donors (Lipinski definition) is 1.